The van der Waals surface area contributed by atoms with Crippen molar-refractivity contribution in [1.82, 2.24) is 4.90 Å². The normalized spacial score (nSPS) is 19.7. The molecular weight excluding hydrogens is 274 g/mol. The van der Waals surface area contributed by atoms with Crippen LogP contribution in [-0.4, -0.2) is 36.1 Å². The standard InChI is InChI=1S/C14H17N3O4/c1-8(18)17-4-2-3-11(17)14(19)16-10-6-13-12(5-9(10)15)20-7-21-13/h5-6,11H,2-4,7,15H2,1H3,(H,16,19). The van der Waals surface area contributed by atoms with E-state index in [-0.39, 0.29) is 18.6 Å². The first-order valence-electron chi connectivity index (χ1n) is 6.83. The Morgan fingerprint density at radius 1 is 1.33 bits per heavy atom. The fourth-order valence-electron chi connectivity index (χ4n) is 2.70. The number of nitrogens with one attached hydrogen (secondary N) is 1. The largest absolute Gasteiger partial charge is 0.454 e. The average molecular weight is 291 g/mol. The third kappa shape index (κ3) is 2.46. The zero-order chi connectivity index (χ0) is 15.0. The van der Waals surface area contributed by atoms with Gasteiger partial charge in [-0.25, -0.2) is 0 Å². The number of carbonyl (C=O) groups excluding carboxylic acids is 2. The first kappa shape index (κ1) is 13.5. The van der Waals surface area contributed by atoms with Gasteiger partial charge in [-0.3, -0.25) is 9.59 Å². The van der Waals surface area contributed by atoms with Crippen LogP contribution in [0.2, 0.25) is 0 Å². The van der Waals surface area contributed by atoms with E-state index in [1.54, 1.807) is 17.0 Å². The van der Waals surface area contributed by atoms with Gasteiger partial charge in [-0.15, -0.1) is 0 Å². The van der Waals surface area contributed by atoms with Crippen molar-refractivity contribution in [3.05, 3.63) is 12.1 Å². The summed E-state index contributed by atoms with van der Waals surface area (Å²) in [6, 6.07) is 2.82. The van der Waals surface area contributed by atoms with Crippen LogP contribution in [0.1, 0.15) is 19.8 Å². The number of nitrogens with zero attached hydrogens (tertiary/aromatic N) is 1. The number of likely N-dealkylation sites (tertiary alicyclic amines) is 1. The Morgan fingerprint density at radius 3 is 2.76 bits per heavy atom. The zero-order valence-electron chi connectivity index (χ0n) is 11.7. The molecule has 112 valence electrons. The minimum absolute atomic E-state index is 0.0914. The number of amides is 2. The van der Waals surface area contributed by atoms with Crippen LogP contribution in [0.15, 0.2) is 12.1 Å². The molecule has 0 radical (unpaired) electrons. The molecule has 1 aromatic rings. The molecule has 2 amide bonds. The molecule has 3 N–H and O–H groups in total. The quantitative estimate of drug-likeness (QED) is 0.791. The van der Waals surface area contributed by atoms with Crippen molar-refractivity contribution in [1.29, 1.82) is 0 Å². The van der Waals surface area contributed by atoms with E-state index in [9.17, 15) is 9.59 Å². The number of ether oxygens (including phenoxy) is 2. The SMILES string of the molecule is CC(=O)N1CCCC1C(=O)Nc1cc2c(cc1N)OCO2. The van der Waals surface area contributed by atoms with Gasteiger partial charge in [-0.2, -0.15) is 0 Å². The Hall–Kier alpha value is -2.44. The van der Waals surface area contributed by atoms with Gasteiger partial charge in [-0.1, -0.05) is 0 Å². The van der Waals surface area contributed by atoms with Crippen LogP contribution in [0.5, 0.6) is 11.5 Å². The summed E-state index contributed by atoms with van der Waals surface area (Å²) in [7, 11) is 0. The lowest BCUT2D eigenvalue weighted by atomic mass is 10.2. The first-order valence-corrected chi connectivity index (χ1v) is 6.83. The molecule has 0 aromatic heterocycles. The maximum atomic E-state index is 12.3. The number of hydrogen-bond acceptors (Lipinski definition) is 5. The van der Waals surface area contributed by atoms with Crippen molar-refractivity contribution in [3.63, 3.8) is 0 Å². The number of anilines is 2. The van der Waals surface area contributed by atoms with Crippen molar-refractivity contribution in [2.75, 3.05) is 24.4 Å². The van der Waals surface area contributed by atoms with Crippen molar-refractivity contribution < 1.29 is 19.1 Å². The Labute approximate surface area is 122 Å². The minimum atomic E-state index is -0.438. The Balaban J connectivity index is 1.77. The van der Waals surface area contributed by atoms with Crippen LogP contribution in [0.4, 0.5) is 11.4 Å². The summed E-state index contributed by atoms with van der Waals surface area (Å²) >= 11 is 0. The van der Waals surface area contributed by atoms with Gasteiger partial charge in [0.05, 0.1) is 11.4 Å². The van der Waals surface area contributed by atoms with E-state index in [2.05, 4.69) is 5.32 Å². The van der Waals surface area contributed by atoms with Gasteiger partial charge in [-0.05, 0) is 12.8 Å². The van der Waals surface area contributed by atoms with Crippen LogP contribution in [-0.2, 0) is 9.59 Å². The van der Waals surface area contributed by atoms with Crippen molar-refractivity contribution in [2.24, 2.45) is 0 Å². The van der Waals surface area contributed by atoms with Gasteiger partial charge in [0.1, 0.15) is 6.04 Å². The summed E-state index contributed by atoms with van der Waals surface area (Å²) < 4.78 is 10.5. The van der Waals surface area contributed by atoms with Crippen LogP contribution >= 0.6 is 0 Å². The van der Waals surface area contributed by atoms with Crippen LogP contribution in [0, 0.1) is 0 Å². The minimum Gasteiger partial charge on any atom is -0.454 e. The molecule has 2 aliphatic rings. The van der Waals surface area contributed by atoms with E-state index >= 15 is 0 Å². The lowest BCUT2D eigenvalue weighted by molar-refractivity contribution is -0.134. The highest BCUT2D eigenvalue weighted by atomic mass is 16.7. The summed E-state index contributed by atoms with van der Waals surface area (Å²) in [5, 5.41) is 2.77. The number of fused-ring (bicyclic) bond motifs is 1. The summed E-state index contributed by atoms with van der Waals surface area (Å²) in [6.45, 7) is 2.23. The van der Waals surface area contributed by atoms with E-state index in [1.807, 2.05) is 0 Å². The van der Waals surface area contributed by atoms with Gasteiger partial charge in [0.15, 0.2) is 11.5 Å². The number of nitrogens with two attached hydrogens (primary N) is 1. The molecule has 21 heavy (non-hydrogen) atoms. The zero-order valence-corrected chi connectivity index (χ0v) is 11.7. The summed E-state index contributed by atoms with van der Waals surface area (Å²) in [5.74, 6) is 0.797. The molecule has 1 unspecified atom stereocenters. The predicted octanol–water partition coefficient (Wildman–Crippen LogP) is 0.947. The molecule has 0 saturated carbocycles. The van der Waals surface area contributed by atoms with Crippen molar-refractivity contribution in [2.45, 2.75) is 25.8 Å². The molecule has 1 aromatic carbocycles. The Kier molecular flexibility index (Phi) is 3.32. The third-order valence-corrected chi connectivity index (χ3v) is 3.76. The maximum absolute atomic E-state index is 12.3. The van der Waals surface area contributed by atoms with Gasteiger partial charge < -0.3 is 25.4 Å². The molecule has 1 fully saturated rings. The Morgan fingerprint density at radius 2 is 2.05 bits per heavy atom. The third-order valence-electron chi connectivity index (χ3n) is 3.76. The number of rotatable bonds is 2. The lowest BCUT2D eigenvalue weighted by Gasteiger charge is -2.22. The topological polar surface area (TPSA) is 93.9 Å². The monoisotopic (exact) mass is 291 g/mol. The number of nitrogen functional groups attached to an aromatic ring is 1. The fourth-order valence-corrected chi connectivity index (χ4v) is 2.70. The van der Waals surface area contributed by atoms with Crippen LogP contribution in [0.3, 0.4) is 0 Å². The highest BCUT2D eigenvalue weighted by molar-refractivity contribution is 5.99. The lowest BCUT2D eigenvalue weighted by Crippen LogP contribution is -2.42. The van der Waals surface area contributed by atoms with Crippen LogP contribution < -0.4 is 20.5 Å². The second-order valence-electron chi connectivity index (χ2n) is 5.15. The van der Waals surface area contributed by atoms with Gasteiger partial charge in [0.25, 0.3) is 0 Å². The predicted molar refractivity (Wildman–Crippen MR) is 76.0 cm³/mol. The highest BCUT2D eigenvalue weighted by Crippen LogP contribution is 2.38. The molecule has 0 bridgehead atoms. The van der Waals surface area contributed by atoms with E-state index < -0.39 is 6.04 Å². The summed E-state index contributed by atoms with van der Waals surface area (Å²) in [4.78, 5) is 25.4. The van der Waals surface area contributed by atoms with Crippen molar-refractivity contribution >= 4 is 23.2 Å². The van der Waals surface area contributed by atoms with Crippen LogP contribution in [0.25, 0.3) is 0 Å². The van der Waals surface area contributed by atoms with Crippen molar-refractivity contribution in [3.8, 4) is 11.5 Å². The van der Waals surface area contributed by atoms with E-state index in [0.717, 1.165) is 6.42 Å². The summed E-state index contributed by atoms with van der Waals surface area (Å²) in [5.41, 5.74) is 6.78. The molecule has 1 atom stereocenters. The molecule has 0 aliphatic carbocycles. The van der Waals surface area contributed by atoms with Gasteiger partial charge >= 0.3 is 0 Å². The first-order chi connectivity index (χ1) is 10.1. The van der Waals surface area contributed by atoms with Gasteiger partial charge in [0.2, 0.25) is 18.6 Å². The smallest absolute Gasteiger partial charge is 0.247 e. The molecule has 2 heterocycles. The van der Waals surface area contributed by atoms with E-state index in [1.165, 1.54) is 6.92 Å². The molecule has 7 heteroatoms. The number of benzene rings is 1. The second kappa shape index (κ2) is 5.16. The number of carbonyl (C=O) groups is 2. The second-order valence-corrected chi connectivity index (χ2v) is 5.15. The highest BCUT2D eigenvalue weighted by Gasteiger charge is 2.32. The fraction of sp³-hybridized carbons (Fsp3) is 0.429. The molecule has 2 aliphatic heterocycles. The molecule has 3 rings (SSSR count). The van der Waals surface area contributed by atoms with E-state index in [0.29, 0.717) is 35.8 Å². The molecular formula is C14H17N3O4. The maximum Gasteiger partial charge on any atom is 0.247 e. The number of hydrogen-bond donors (Lipinski definition) is 2. The molecule has 7 nitrogen and oxygen atoms in total. The molecule has 1 saturated heterocycles. The average Bonchev–Trinajstić information content (AvgIpc) is 3.06. The Bertz CT molecular complexity index is 602. The summed E-state index contributed by atoms with van der Waals surface area (Å²) in [6.07, 6.45) is 1.49. The molecule has 0 spiro atoms. The van der Waals surface area contributed by atoms with Gasteiger partial charge in [0, 0.05) is 25.6 Å². The van der Waals surface area contributed by atoms with E-state index in [4.69, 9.17) is 15.2 Å².